The van der Waals surface area contributed by atoms with Gasteiger partial charge in [-0.3, -0.25) is 4.79 Å². The van der Waals surface area contributed by atoms with Crippen LogP contribution in [0.2, 0.25) is 0 Å². The summed E-state index contributed by atoms with van der Waals surface area (Å²) in [6, 6.07) is 21.3. The number of carbonyl (C=O) groups excluding carboxylic acids is 1. The molecule has 0 radical (unpaired) electrons. The number of carbonyl (C=O) groups is 1. The van der Waals surface area contributed by atoms with Gasteiger partial charge in [-0.2, -0.15) is 15.5 Å². The number of hydrogen-bond acceptors (Lipinski definition) is 5. The molecule has 8 nitrogen and oxygen atoms in total. The Hall–Kier alpha value is -4.77. The van der Waals surface area contributed by atoms with E-state index >= 15 is 0 Å². The molecule has 0 unspecified atom stereocenters. The molecule has 0 saturated carbocycles. The van der Waals surface area contributed by atoms with Gasteiger partial charge in [-0.1, -0.05) is 48.0 Å². The average Bonchev–Trinajstić information content (AvgIpc) is 3.44. The third kappa shape index (κ3) is 3.28. The lowest BCUT2D eigenvalue weighted by molar-refractivity contribution is 0.102. The first kappa shape index (κ1) is 19.2. The molecule has 0 fully saturated rings. The van der Waals surface area contributed by atoms with Crippen LogP contribution in [0.3, 0.4) is 0 Å². The SMILES string of the molecule is Cc1ccc(-c2ccnc3c(C(=O)Nc4c(C#N)cnn4-c4ccccc4)cnn23)cc1. The third-order valence-corrected chi connectivity index (χ3v) is 5.12. The lowest BCUT2D eigenvalue weighted by Gasteiger charge is -2.09. The van der Waals surface area contributed by atoms with Crippen molar-refractivity contribution in [2.24, 2.45) is 0 Å². The van der Waals surface area contributed by atoms with Crippen molar-refractivity contribution in [1.29, 1.82) is 5.26 Å². The second kappa shape index (κ2) is 7.81. The Bertz CT molecular complexity index is 1470. The highest BCUT2D eigenvalue weighted by Crippen LogP contribution is 2.24. The maximum Gasteiger partial charge on any atom is 0.262 e. The van der Waals surface area contributed by atoms with Crippen molar-refractivity contribution in [3.05, 3.63) is 95.9 Å². The lowest BCUT2D eigenvalue weighted by atomic mass is 10.1. The second-order valence-electron chi connectivity index (χ2n) is 7.21. The van der Waals surface area contributed by atoms with Crippen LogP contribution in [-0.2, 0) is 0 Å². The highest BCUT2D eigenvalue weighted by Gasteiger charge is 2.20. The number of nitriles is 1. The van der Waals surface area contributed by atoms with Gasteiger partial charge in [0.2, 0.25) is 0 Å². The van der Waals surface area contributed by atoms with Crippen molar-refractivity contribution in [2.45, 2.75) is 6.92 Å². The summed E-state index contributed by atoms with van der Waals surface area (Å²) in [7, 11) is 0. The number of anilines is 1. The number of amides is 1. The molecular formula is C24H17N7O. The minimum atomic E-state index is -0.428. The molecule has 32 heavy (non-hydrogen) atoms. The van der Waals surface area contributed by atoms with Crippen LogP contribution in [0, 0.1) is 18.3 Å². The van der Waals surface area contributed by atoms with Gasteiger partial charge in [0.25, 0.3) is 5.91 Å². The van der Waals surface area contributed by atoms with Crippen LogP contribution in [0.4, 0.5) is 5.82 Å². The van der Waals surface area contributed by atoms with Crippen LogP contribution in [0.25, 0.3) is 22.6 Å². The normalized spacial score (nSPS) is 10.8. The van der Waals surface area contributed by atoms with Gasteiger partial charge in [0.05, 0.1) is 23.8 Å². The maximum atomic E-state index is 13.2. The molecular weight excluding hydrogens is 402 g/mol. The van der Waals surface area contributed by atoms with E-state index in [2.05, 4.69) is 26.6 Å². The molecule has 0 atom stereocenters. The van der Waals surface area contributed by atoms with Crippen molar-refractivity contribution in [3.63, 3.8) is 0 Å². The zero-order valence-corrected chi connectivity index (χ0v) is 17.1. The van der Waals surface area contributed by atoms with E-state index in [9.17, 15) is 10.1 Å². The summed E-state index contributed by atoms with van der Waals surface area (Å²) in [6.45, 7) is 2.03. The van der Waals surface area contributed by atoms with Gasteiger partial charge in [-0.15, -0.1) is 0 Å². The van der Waals surface area contributed by atoms with Crippen LogP contribution in [-0.4, -0.2) is 30.3 Å². The maximum absolute atomic E-state index is 13.2. The molecule has 1 N–H and O–H groups in total. The number of hydrogen-bond donors (Lipinski definition) is 1. The summed E-state index contributed by atoms with van der Waals surface area (Å²) in [5.74, 6) is -0.138. The number of benzene rings is 2. The average molecular weight is 419 g/mol. The first-order chi connectivity index (χ1) is 15.7. The fraction of sp³-hybridized carbons (Fsp3) is 0.0417. The smallest absolute Gasteiger partial charge is 0.262 e. The highest BCUT2D eigenvalue weighted by molar-refractivity contribution is 6.08. The number of aryl methyl sites for hydroxylation is 1. The Morgan fingerprint density at radius 1 is 1.00 bits per heavy atom. The van der Waals surface area contributed by atoms with Crippen molar-refractivity contribution in [2.75, 3.05) is 5.32 Å². The summed E-state index contributed by atoms with van der Waals surface area (Å²) in [6.07, 6.45) is 4.55. The molecule has 1 amide bonds. The summed E-state index contributed by atoms with van der Waals surface area (Å²) in [5, 5.41) is 21.0. The number of rotatable bonds is 4. The first-order valence-corrected chi connectivity index (χ1v) is 9.90. The molecule has 0 aliphatic rings. The molecule has 5 rings (SSSR count). The molecule has 0 aliphatic carbocycles. The lowest BCUT2D eigenvalue weighted by Crippen LogP contribution is -2.16. The zero-order chi connectivity index (χ0) is 22.1. The van der Waals surface area contributed by atoms with Gasteiger partial charge in [0.1, 0.15) is 17.2 Å². The number of fused-ring (bicyclic) bond motifs is 1. The Balaban J connectivity index is 1.54. The summed E-state index contributed by atoms with van der Waals surface area (Å²) >= 11 is 0. The minimum absolute atomic E-state index is 0.256. The first-order valence-electron chi connectivity index (χ1n) is 9.90. The monoisotopic (exact) mass is 419 g/mol. The van der Waals surface area contributed by atoms with E-state index in [0.717, 1.165) is 22.5 Å². The van der Waals surface area contributed by atoms with E-state index in [1.807, 2.05) is 67.6 Å². The van der Waals surface area contributed by atoms with Crippen LogP contribution < -0.4 is 5.32 Å². The van der Waals surface area contributed by atoms with Gasteiger partial charge >= 0.3 is 0 Å². The molecule has 0 aliphatic heterocycles. The van der Waals surface area contributed by atoms with Crippen molar-refractivity contribution >= 4 is 17.4 Å². The van der Waals surface area contributed by atoms with Crippen LogP contribution in [0.15, 0.2) is 79.3 Å². The fourth-order valence-electron chi connectivity index (χ4n) is 3.48. The largest absolute Gasteiger partial charge is 0.305 e. The quantitative estimate of drug-likeness (QED) is 0.474. The predicted octanol–water partition coefficient (Wildman–Crippen LogP) is 4.01. The summed E-state index contributed by atoms with van der Waals surface area (Å²) < 4.78 is 3.16. The van der Waals surface area contributed by atoms with Gasteiger partial charge in [0, 0.05) is 11.8 Å². The van der Waals surface area contributed by atoms with E-state index in [1.54, 1.807) is 10.7 Å². The molecule has 3 aromatic heterocycles. The van der Waals surface area contributed by atoms with E-state index < -0.39 is 5.91 Å². The summed E-state index contributed by atoms with van der Waals surface area (Å²) in [5.41, 5.74) is 4.64. The van der Waals surface area contributed by atoms with E-state index in [4.69, 9.17) is 0 Å². The number of nitrogens with zero attached hydrogens (tertiary/aromatic N) is 6. The molecule has 3 heterocycles. The van der Waals surface area contributed by atoms with Gasteiger partial charge in [0.15, 0.2) is 11.5 Å². The standard InChI is InChI=1S/C24H17N7O/c1-16-7-9-17(10-8-16)21-11-12-26-23-20(15-28-31(21)23)24(32)29-22-18(13-25)14-27-30(22)19-5-3-2-4-6-19/h2-12,14-15H,1H3,(H,29,32). The Morgan fingerprint density at radius 2 is 1.78 bits per heavy atom. The minimum Gasteiger partial charge on any atom is -0.305 e. The Morgan fingerprint density at radius 3 is 2.53 bits per heavy atom. The van der Waals surface area contributed by atoms with Crippen LogP contribution in [0.5, 0.6) is 0 Å². The Labute approximate surface area is 183 Å². The van der Waals surface area contributed by atoms with Gasteiger partial charge in [-0.25, -0.2) is 14.2 Å². The molecule has 0 saturated heterocycles. The highest BCUT2D eigenvalue weighted by atomic mass is 16.1. The predicted molar refractivity (Wildman–Crippen MR) is 119 cm³/mol. The molecule has 154 valence electrons. The molecule has 2 aromatic carbocycles. The molecule has 0 bridgehead atoms. The molecule has 5 aromatic rings. The van der Waals surface area contributed by atoms with E-state index in [0.29, 0.717) is 11.2 Å². The van der Waals surface area contributed by atoms with Crippen LogP contribution in [0.1, 0.15) is 21.5 Å². The topological polar surface area (TPSA) is 101 Å². The summed E-state index contributed by atoms with van der Waals surface area (Å²) in [4.78, 5) is 17.5. The van der Waals surface area contributed by atoms with Crippen molar-refractivity contribution < 1.29 is 4.79 Å². The Kier molecular flexibility index (Phi) is 4.69. The second-order valence-corrected chi connectivity index (χ2v) is 7.21. The number of para-hydroxylation sites is 1. The van der Waals surface area contributed by atoms with Gasteiger partial charge < -0.3 is 5.32 Å². The van der Waals surface area contributed by atoms with E-state index in [1.165, 1.54) is 17.1 Å². The van der Waals surface area contributed by atoms with Gasteiger partial charge in [-0.05, 0) is 25.1 Å². The van der Waals surface area contributed by atoms with E-state index in [-0.39, 0.29) is 11.4 Å². The molecule has 8 heteroatoms. The van der Waals surface area contributed by atoms with Crippen molar-refractivity contribution in [1.82, 2.24) is 24.4 Å². The van der Waals surface area contributed by atoms with Crippen LogP contribution >= 0.6 is 0 Å². The zero-order valence-electron chi connectivity index (χ0n) is 17.1. The number of aromatic nitrogens is 5. The fourth-order valence-corrected chi connectivity index (χ4v) is 3.48. The van der Waals surface area contributed by atoms with Crippen molar-refractivity contribution in [3.8, 4) is 23.0 Å². The molecule has 0 spiro atoms. The number of nitrogens with one attached hydrogen (secondary N) is 1. The third-order valence-electron chi connectivity index (χ3n) is 5.12.